The molecule has 0 bridgehead atoms. The van der Waals surface area contributed by atoms with Gasteiger partial charge >= 0.3 is 5.97 Å². The number of halogens is 1. The van der Waals surface area contributed by atoms with Crippen LogP contribution >= 0.6 is 34.4 Å². The molecule has 0 saturated heterocycles. The second-order valence-corrected chi connectivity index (χ2v) is 8.64. The number of benzene rings is 2. The molecule has 5 nitrogen and oxygen atoms in total. The molecule has 0 N–H and O–H groups in total. The quantitative estimate of drug-likeness (QED) is 0.173. The van der Waals surface area contributed by atoms with E-state index in [9.17, 15) is 4.79 Å². The Hall–Kier alpha value is -1.74. The molecule has 7 heteroatoms. The maximum atomic E-state index is 12.4. The van der Waals surface area contributed by atoms with Gasteiger partial charge in [-0.25, -0.2) is 4.98 Å². The molecule has 0 spiro atoms. The van der Waals surface area contributed by atoms with Gasteiger partial charge in [-0.3, -0.25) is 4.79 Å². The maximum Gasteiger partial charge on any atom is 0.326 e. The highest BCUT2D eigenvalue weighted by Gasteiger charge is 2.16. The van der Waals surface area contributed by atoms with Crippen molar-refractivity contribution in [1.82, 2.24) is 9.55 Å². The Morgan fingerprint density at radius 1 is 1.25 bits per heavy atom. The number of rotatable bonds is 9. The van der Waals surface area contributed by atoms with Crippen LogP contribution in [0, 0.1) is 3.57 Å². The molecular formula is C21H23IN2O3S. The lowest BCUT2D eigenvalue weighted by Gasteiger charge is -2.13. The fraction of sp³-hybridized carbons (Fsp3) is 0.333. The first kappa shape index (κ1) is 21.0. The molecule has 1 atom stereocenters. The average molecular weight is 510 g/mol. The minimum atomic E-state index is -0.241. The van der Waals surface area contributed by atoms with Gasteiger partial charge in [0.05, 0.1) is 23.7 Å². The third-order valence-electron chi connectivity index (χ3n) is 4.20. The molecule has 1 heterocycles. The van der Waals surface area contributed by atoms with Gasteiger partial charge in [-0.2, -0.15) is 0 Å². The number of hydrogen-bond donors (Lipinski definition) is 0. The van der Waals surface area contributed by atoms with Crippen LogP contribution in [0.25, 0.3) is 11.0 Å². The van der Waals surface area contributed by atoms with Crippen LogP contribution < -0.4 is 4.74 Å². The van der Waals surface area contributed by atoms with Crippen molar-refractivity contribution in [2.24, 2.45) is 0 Å². The Balaban J connectivity index is 1.72. The number of imidazole rings is 1. The van der Waals surface area contributed by atoms with E-state index in [2.05, 4.69) is 22.6 Å². The first-order valence-electron chi connectivity index (χ1n) is 9.22. The van der Waals surface area contributed by atoms with Gasteiger partial charge in [0.15, 0.2) is 5.16 Å². The summed E-state index contributed by atoms with van der Waals surface area (Å²) in [5, 5.41) is 0.801. The van der Waals surface area contributed by atoms with Crippen molar-refractivity contribution in [2.45, 2.75) is 38.1 Å². The molecule has 2 aromatic carbocycles. The zero-order chi connectivity index (χ0) is 19.9. The molecule has 0 radical (unpaired) electrons. The Labute approximate surface area is 183 Å². The lowest BCUT2D eigenvalue weighted by molar-refractivity contribution is -0.149. The van der Waals surface area contributed by atoms with Crippen molar-refractivity contribution in [1.29, 1.82) is 0 Å². The normalized spacial score (nSPS) is 12.1. The van der Waals surface area contributed by atoms with Crippen LogP contribution in [0.15, 0.2) is 53.7 Å². The van der Waals surface area contributed by atoms with Gasteiger partial charge in [0.1, 0.15) is 12.3 Å². The van der Waals surface area contributed by atoms with Gasteiger partial charge in [-0.05, 0) is 66.3 Å². The van der Waals surface area contributed by atoms with Gasteiger partial charge in [0, 0.05) is 9.32 Å². The van der Waals surface area contributed by atoms with Crippen LogP contribution in [0.1, 0.15) is 20.3 Å². The standard InChI is InChI=1S/C21H23IN2O3S/c1-3-15(2)27-20(25)14-24-19-13-16(22)9-10-18(19)23-21(24)28-12-11-26-17-7-5-4-6-8-17/h4-10,13,15H,3,11-12,14H2,1-2H3. The van der Waals surface area contributed by atoms with Crippen LogP contribution in [0.5, 0.6) is 5.75 Å². The van der Waals surface area contributed by atoms with Crippen molar-refractivity contribution in [3.8, 4) is 5.75 Å². The Morgan fingerprint density at radius 3 is 2.79 bits per heavy atom. The topological polar surface area (TPSA) is 53.4 Å². The highest BCUT2D eigenvalue weighted by molar-refractivity contribution is 14.1. The Morgan fingerprint density at radius 2 is 2.04 bits per heavy atom. The molecule has 0 saturated carbocycles. The van der Waals surface area contributed by atoms with E-state index in [1.165, 1.54) is 0 Å². The largest absolute Gasteiger partial charge is 0.493 e. The molecule has 1 unspecified atom stereocenters. The molecule has 0 amide bonds. The fourth-order valence-electron chi connectivity index (χ4n) is 2.62. The summed E-state index contributed by atoms with van der Waals surface area (Å²) >= 11 is 3.85. The van der Waals surface area contributed by atoms with Crippen molar-refractivity contribution >= 4 is 51.4 Å². The van der Waals surface area contributed by atoms with Crippen molar-refractivity contribution in [3.05, 3.63) is 52.1 Å². The zero-order valence-electron chi connectivity index (χ0n) is 15.9. The number of aromatic nitrogens is 2. The number of thioether (sulfide) groups is 1. The maximum absolute atomic E-state index is 12.4. The molecule has 1 aromatic heterocycles. The lowest BCUT2D eigenvalue weighted by atomic mass is 10.3. The smallest absolute Gasteiger partial charge is 0.326 e. The van der Waals surface area contributed by atoms with Gasteiger partial charge in [0.2, 0.25) is 0 Å². The number of nitrogens with zero attached hydrogens (tertiary/aromatic N) is 2. The van der Waals surface area contributed by atoms with Gasteiger partial charge < -0.3 is 14.0 Å². The van der Waals surface area contributed by atoms with Crippen LogP contribution in [0.4, 0.5) is 0 Å². The molecule has 3 rings (SSSR count). The van der Waals surface area contributed by atoms with Crippen LogP contribution in [0.3, 0.4) is 0 Å². The summed E-state index contributed by atoms with van der Waals surface area (Å²) < 4.78 is 14.3. The third-order valence-corrected chi connectivity index (χ3v) is 5.81. The SMILES string of the molecule is CCC(C)OC(=O)Cn1c(SCCOc2ccccc2)nc2ccc(I)cc21. The monoisotopic (exact) mass is 510 g/mol. The van der Waals surface area contributed by atoms with Crippen molar-refractivity contribution in [3.63, 3.8) is 0 Å². The van der Waals surface area contributed by atoms with E-state index in [1.54, 1.807) is 11.8 Å². The number of fused-ring (bicyclic) bond motifs is 1. The van der Waals surface area contributed by atoms with Gasteiger partial charge in [0.25, 0.3) is 0 Å². The van der Waals surface area contributed by atoms with E-state index in [4.69, 9.17) is 14.5 Å². The Bertz CT molecular complexity index is 930. The highest BCUT2D eigenvalue weighted by atomic mass is 127. The van der Waals surface area contributed by atoms with Gasteiger partial charge in [-0.15, -0.1) is 0 Å². The number of para-hydroxylation sites is 1. The molecule has 28 heavy (non-hydrogen) atoms. The summed E-state index contributed by atoms with van der Waals surface area (Å²) in [6.07, 6.45) is 0.713. The highest BCUT2D eigenvalue weighted by Crippen LogP contribution is 2.26. The predicted molar refractivity (Wildman–Crippen MR) is 121 cm³/mol. The summed E-state index contributed by atoms with van der Waals surface area (Å²) in [6, 6.07) is 15.8. The van der Waals surface area contributed by atoms with E-state index in [1.807, 2.05) is 66.9 Å². The second kappa shape index (κ2) is 10.2. The van der Waals surface area contributed by atoms with Gasteiger partial charge in [-0.1, -0.05) is 36.9 Å². The van der Waals surface area contributed by atoms with Crippen molar-refractivity contribution < 1.29 is 14.3 Å². The Kier molecular flexibility index (Phi) is 7.61. The molecule has 148 valence electrons. The number of ether oxygens (including phenoxy) is 2. The predicted octanol–water partition coefficient (Wildman–Crippen LogP) is 5.15. The zero-order valence-corrected chi connectivity index (χ0v) is 18.9. The van der Waals surface area contributed by atoms with E-state index in [0.29, 0.717) is 6.61 Å². The molecular weight excluding hydrogens is 487 g/mol. The first-order valence-corrected chi connectivity index (χ1v) is 11.3. The molecule has 0 aliphatic carbocycles. The van der Waals surface area contributed by atoms with Crippen LogP contribution in [0.2, 0.25) is 0 Å². The lowest BCUT2D eigenvalue weighted by Crippen LogP contribution is -2.19. The second-order valence-electron chi connectivity index (χ2n) is 6.33. The minimum absolute atomic E-state index is 0.0854. The summed E-state index contributed by atoms with van der Waals surface area (Å²) in [6.45, 7) is 4.62. The van der Waals surface area contributed by atoms with E-state index in [-0.39, 0.29) is 18.6 Å². The van der Waals surface area contributed by atoms with Crippen LogP contribution in [-0.2, 0) is 16.1 Å². The minimum Gasteiger partial charge on any atom is -0.493 e. The summed E-state index contributed by atoms with van der Waals surface area (Å²) in [7, 11) is 0. The number of carbonyl (C=O) groups excluding carboxylic acids is 1. The number of carbonyl (C=O) groups is 1. The average Bonchev–Trinajstić information content (AvgIpc) is 3.02. The van der Waals surface area contributed by atoms with E-state index in [0.717, 1.165) is 37.7 Å². The molecule has 0 aliphatic rings. The summed E-state index contributed by atoms with van der Waals surface area (Å²) in [5.41, 5.74) is 1.82. The first-order chi connectivity index (χ1) is 13.6. The fourth-order valence-corrected chi connectivity index (χ4v) is 3.93. The van der Waals surface area contributed by atoms with E-state index >= 15 is 0 Å². The molecule has 3 aromatic rings. The summed E-state index contributed by atoms with van der Waals surface area (Å²) in [4.78, 5) is 17.1. The third kappa shape index (κ3) is 5.64. The number of hydrogen-bond acceptors (Lipinski definition) is 5. The number of esters is 1. The summed E-state index contributed by atoms with van der Waals surface area (Å²) in [5.74, 6) is 1.34. The molecule has 0 fully saturated rings. The van der Waals surface area contributed by atoms with Crippen molar-refractivity contribution in [2.75, 3.05) is 12.4 Å². The molecule has 0 aliphatic heterocycles. The van der Waals surface area contributed by atoms with Crippen LogP contribution in [-0.4, -0.2) is 34.0 Å². The van der Waals surface area contributed by atoms with E-state index < -0.39 is 0 Å².